The molecule has 5 nitrogen and oxygen atoms in total. The summed E-state index contributed by atoms with van der Waals surface area (Å²) in [6, 6.07) is 6.36. The summed E-state index contributed by atoms with van der Waals surface area (Å²) in [5.74, 6) is -0.845. The summed E-state index contributed by atoms with van der Waals surface area (Å²) in [6.07, 6.45) is -0.0527. The third-order valence-electron chi connectivity index (χ3n) is 3.14. The van der Waals surface area contributed by atoms with Gasteiger partial charge in [-0.2, -0.15) is 0 Å². The largest absolute Gasteiger partial charge is 0.449 e. The number of esters is 1. The number of nitrogens with one attached hydrogen (secondary N) is 1. The first-order chi connectivity index (χ1) is 9.25. The molecule has 0 heterocycles. The van der Waals surface area contributed by atoms with E-state index < -0.39 is 12.1 Å². The second-order valence-electron chi connectivity index (χ2n) is 5.40. The van der Waals surface area contributed by atoms with Crippen LogP contribution < -0.4 is 11.1 Å². The number of hydrogen-bond donors (Lipinski definition) is 2. The van der Waals surface area contributed by atoms with Crippen LogP contribution in [-0.2, 0) is 9.53 Å². The van der Waals surface area contributed by atoms with E-state index in [0.717, 1.165) is 6.42 Å². The molecule has 1 aromatic carbocycles. The molecule has 0 aromatic heterocycles. The Kier molecular flexibility index (Phi) is 5.13. The molecule has 0 saturated heterocycles. The van der Waals surface area contributed by atoms with Crippen LogP contribution in [0.4, 0.5) is 5.69 Å². The van der Waals surface area contributed by atoms with Crippen molar-refractivity contribution in [1.29, 1.82) is 0 Å². The Morgan fingerprint density at radius 2 is 1.85 bits per heavy atom. The van der Waals surface area contributed by atoms with E-state index in [9.17, 15) is 9.59 Å². The summed E-state index contributed by atoms with van der Waals surface area (Å²) in [7, 11) is 0. The van der Waals surface area contributed by atoms with Crippen molar-refractivity contribution < 1.29 is 14.3 Å². The van der Waals surface area contributed by atoms with Crippen LogP contribution in [-0.4, -0.2) is 23.5 Å². The number of amides is 1. The van der Waals surface area contributed by atoms with Crippen LogP contribution in [0.1, 0.15) is 44.5 Å². The molecule has 0 aliphatic heterocycles. The number of ether oxygens (including phenoxy) is 1. The normalized spacial score (nSPS) is 12.6. The summed E-state index contributed by atoms with van der Waals surface area (Å²) in [5.41, 5.74) is 6.16. The summed E-state index contributed by atoms with van der Waals surface area (Å²) in [5, 5.41) is 2.84. The van der Waals surface area contributed by atoms with Crippen LogP contribution in [0.25, 0.3) is 0 Å². The average Bonchev–Trinajstić information content (AvgIpc) is 2.38. The van der Waals surface area contributed by atoms with Gasteiger partial charge in [0.1, 0.15) is 0 Å². The number of nitrogens with two attached hydrogens (primary N) is 1. The zero-order chi connectivity index (χ0) is 15.3. The summed E-state index contributed by atoms with van der Waals surface area (Å²) < 4.78 is 5.14. The van der Waals surface area contributed by atoms with Crippen molar-refractivity contribution in [2.45, 2.75) is 45.8 Å². The number of rotatable bonds is 5. The minimum Gasteiger partial charge on any atom is -0.449 e. The Morgan fingerprint density at radius 1 is 1.30 bits per heavy atom. The third kappa shape index (κ3) is 4.57. The molecule has 0 saturated carbocycles. The van der Waals surface area contributed by atoms with E-state index in [1.54, 1.807) is 31.2 Å². The van der Waals surface area contributed by atoms with Crippen molar-refractivity contribution in [3.63, 3.8) is 0 Å². The van der Waals surface area contributed by atoms with E-state index in [1.807, 2.05) is 20.8 Å². The molecule has 0 aliphatic carbocycles. The first-order valence-corrected chi connectivity index (χ1v) is 6.63. The fourth-order valence-corrected chi connectivity index (χ4v) is 1.42. The lowest BCUT2D eigenvalue weighted by Gasteiger charge is -2.26. The van der Waals surface area contributed by atoms with E-state index >= 15 is 0 Å². The summed E-state index contributed by atoms with van der Waals surface area (Å²) in [4.78, 5) is 23.8. The third-order valence-corrected chi connectivity index (χ3v) is 3.14. The Balaban J connectivity index is 2.61. The molecule has 0 fully saturated rings. The maximum Gasteiger partial charge on any atom is 0.338 e. The highest BCUT2D eigenvalue weighted by Gasteiger charge is 2.24. The number of carbonyl (C=O) groups is 2. The number of hydrogen-bond acceptors (Lipinski definition) is 4. The Hall–Kier alpha value is -2.04. The Bertz CT molecular complexity index is 480. The summed E-state index contributed by atoms with van der Waals surface area (Å²) in [6.45, 7) is 7.36. The lowest BCUT2D eigenvalue weighted by Crippen LogP contribution is -2.47. The van der Waals surface area contributed by atoms with Crippen molar-refractivity contribution in [2.24, 2.45) is 0 Å². The van der Waals surface area contributed by atoms with E-state index in [4.69, 9.17) is 10.5 Å². The molecular formula is C15H22N2O3. The van der Waals surface area contributed by atoms with Crippen molar-refractivity contribution in [1.82, 2.24) is 5.32 Å². The monoisotopic (exact) mass is 278 g/mol. The van der Waals surface area contributed by atoms with Crippen LogP contribution >= 0.6 is 0 Å². The smallest absolute Gasteiger partial charge is 0.338 e. The zero-order valence-electron chi connectivity index (χ0n) is 12.4. The first-order valence-electron chi connectivity index (χ1n) is 6.63. The minimum atomic E-state index is -0.842. The molecule has 1 aromatic rings. The van der Waals surface area contributed by atoms with Gasteiger partial charge in [-0.15, -0.1) is 0 Å². The minimum absolute atomic E-state index is 0.305. The molecular weight excluding hydrogens is 256 g/mol. The number of benzene rings is 1. The van der Waals surface area contributed by atoms with Crippen molar-refractivity contribution >= 4 is 17.6 Å². The molecule has 1 rings (SSSR count). The maximum absolute atomic E-state index is 11.9. The van der Waals surface area contributed by atoms with Gasteiger partial charge in [-0.25, -0.2) is 4.79 Å². The van der Waals surface area contributed by atoms with E-state index in [-0.39, 0.29) is 11.4 Å². The number of anilines is 1. The Labute approximate surface area is 119 Å². The molecule has 1 atom stereocenters. The fourth-order valence-electron chi connectivity index (χ4n) is 1.42. The van der Waals surface area contributed by atoms with Crippen LogP contribution in [0.2, 0.25) is 0 Å². The molecule has 110 valence electrons. The van der Waals surface area contributed by atoms with Gasteiger partial charge in [-0.1, -0.05) is 6.92 Å². The molecule has 20 heavy (non-hydrogen) atoms. The highest BCUT2D eigenvalue weighted by molar-refractivity contribution is 5.92. The molecule has 0 aliphatic rings. The quantitative estimate of drug-likeness (QED) is 0.638. The number of carbonyl (C=O) groups excluding carboxylic acids is 2. The topological polar surface area (TPSA) is 81.4 Å². The molecule has 3 N–H and O–H groups in total. The van der Waals surface area contributed by atoms with Crippen molar-refractivity contribution in [3.8, 4) is 0 Å². The van der Waals surface area contributed by atoms with Crippen molar-refractivity contribution in [3.05, 3.63) is 29.8 Å². The molecule has 0 radical (unpaired) electrons. The Morgan fingerprint density at radius 3 is 2.35 bits per heavy atom. The molecule has 5 heteroatoms. The molecule has 1 unspecified atom stereocenters. The maximum atomic E-state index is 11.9. The van der Waals surface area contributed by atoms with Gasteiger partial charge in [0, 0.05) is 11.2 Å². The summed E-state index contributed by atoms with van der Waals surface area (Å²) >= 11 is 0. The zero-order valence-corrected chi connectivity index (χ0v) is 12.4. The van der Waals surface area contributed by atoms with Crippen LogP contribution in [0.3, 0.4) is 0 Å². The van der Waals surface area contributed by atoms with Gasteiger partial charge in [-0.05, 0) is 51.5 Å². The predicted molar refractivity (Wildman–Crippen MR) is 78.2 cm³/mol. The van der Waals surface area contributed by atoms with Crippen LogP contribution in [0.15, 0.2) is 24.3 Å². The SMILES string of the molecule is CCC(C)(C)NC(=O)C(C)OC(=O)c1ccc(N)cc1. The highest BCUT2D eigenvalue weighted by atomic mass is 16.5. The van der Waals surface area contributed by atoms with Gasteiger partial charge < -0.3 is 15.8 Å². The van der Waals surface area contributed by atoms with E-state index in [1.165, 1.54) is 0 Å². The van der Waals surface area contributed by atoms with Gasteiger partial charge in [0.05, 0.1) is 5.56 Å². The van der Waals surface area contributed by atoms with Gasteiger partial charge in [0.2, 0.25) is 0 Å². The van der Waals surface area contributed by atoms with Gasteiger partial charge in [0.25, 0.3) is 5.91 Å². The standard InChI is InChI=1S/C15H22N2O3/c1-5-15(3,4)17-13(18)10(2)20-14(19)11-6-8-12(16)9-7-11/h6-10H,5,16H2,1-4H3,(H,17,18). The van der Waals surface area contributed by atoms with Gasteiger partial charge in [0.15, 0.2) is 6.10 Å². The van der Waals surface area contributed by atoms with E-state index in [0.29, 0.717) is 11.3 Å². The van der Waals surface area contributed by atoms with Crippen molar-refractivity contribution in [2.75, 3.05) is 5.73 Å². The second kappa shape index (κ2) is 6.41. The second-order valence-corrected chi connectivity index (χ2v) is 5.40. The average molecular weight is 278 g/mol. The molecule has 1 amide bonds. The lowest BCUT2D eigenvalue weighted by atomic mass is 10.0. The molecule has 0 spiro atoms. The first kappa shape index (κ1) is 16.0. The fraction of sp³-hybridized carbons (Fsp3) is 0.467. The lowest BCUT2D eigenvalue weighted by molar-refractivity contribution is -0.130. The van der Waals surface area contributed by atoms with Gasteiger partial charge in [-0.3, -0.25) is 4.79 Å². The van der Waals surface area contributed by atoms with Crippen LogP contribution in [0.5, 0.6) is 0 Å². The van der Waals surface area contributed by atoms with Gasteiger partial charge >= 0.3 is 5.97 Å². The number of nitrogen functional groups attached to an aromatic ring is 1. The van der Waals surface area contributed by atoms with Crippen LogP contribution in [0, 0.1) is 0 Å². The predicted octanol–water partition coefficient (Wildman–Crippen LogP) is 2.12. The highest BCUT2D eigenvalue weighted by Crippen LogP contribution is 2.10. The molecule has 0 bridgehead atoms. The van der Waals surface area contributed by atoms with E-state index in [2.05, 4.69) is 5.32 Å².